The van der Waals surface area contributed by atoms with Crippen LogP contribution in [0.15, 0.2) is 35.1 Å². The molecule has 0 spiro atoms. The first-order chi connectivity index (χ1) is 16.6. The second-order valence-electron chi connectivity index (χ2n) is 9.48. The van der Waals surface area contributed by atoms with Gasteiger partial charge in [-0.3, -0.25) is 28.8 Å². The fourth-order valence-corrected chi connectivity index (χ4v) is 4.75. The van der Waals surface area contributed by atoms with E-state index >= 15 is 0 Å². The Bertz CT molecular complexity index is 1130. The Hall–Kier alpha value is -3.36. The molecule has 1 saturated carbocycles. The maximum atomic E-state index is 13.8. The van der Waals surface area contributed by atoms with Gasteiger partial charge in [-0.25, -0.2) is 4.68 Å². The summed E-state index contributed by atoms with van der Waals surface area (Å²) in [6.07, 6.45) is 5.35. The second-order valence-corrected chi connectivity index (χ2v) is 9.48. The van der Waals surface area contributed by atoms with Crippen LogP contribution in [0.1, 0.15) is 65.0 Å². The molecule has 2 aromatic rings. The first-order valence-corrected chi connectivity index (χ1v) is 12.3. The Labute approximate surface area is 206 Å². The van der Waals surface area contributed by atoms with Crippen molar-refractivity contribution in [3.05, 3.63) is 46.4 Å². The monoisotopic (exact) mass is 483 g/mol. The SMILES string of the molecule is CC[C@](C)(C(=O)NC1CCCCC1)N(C(=O)CNC(C)=O)c1c(C)n(C)n(-c2ccccc2)c1=O. The van der Waals surface area contributed by atoms with Gasteiger partial charge in [0, 0.05) is 20.0 Å². The lowest BCUT2D eigenvalue weighted by atomic mass is 9.90. The molecule has 1 fully saturated rings. The van der Waals surface area contributed by atoms with Gasteiger partial charge in [0.1, 0.15) is 11.2 Å². The minimum atomic E-state index is -1.33. The average molecular weight is 484 g/mol. The van der Waals surface area contributed by atoms with Gasteiger partial charge in [0.15, 0.2) is 0 Å². The van der Waals surface area contributed by atoms with Crippen molar-refractivity contribution in [1.82, 2.24) is 20.0 Å². The molecule has 1 aliphatic rings. The Morgan fingerprint density at radius 2 is 1.74 bits per heavy atom. The highest BCUT2D eigenvalue weighted by atomic mass is 16.2. The zero-order chi connectivity index (χ0) is 25.8. The van der Waals surface area contributed by atoms with Crippen molar-refractivity contribution in [2.45, 2.75) is 77.8 Å². The molecule has 35 heavy (non-hydrogen) atoms. The molecule has 190 valence electrons. The summed E-state index contributed by atoms with van der Waals surface area (Å²) in [5.41, 5.74) is -0.409. The van der Waals surface area contributed by atoms with E-state index < -0.39 is 17.0 Å². The van der Waals surface area contributed by atoms with Gasteiger partial charge in [-0.1, -0.05) is 44.4 Å². The lowest BCUT2D eigenvalue weighted by Gasteiger charge is -2.40. The smallest absolute Gasteiger partial charge is 0.295 e. The predicted octanol–water partition coefficient (Wildman–Crippen LogP) is 2.57. The number of carbonyl (C=O) groups excluding carboxylic acids is 3. The van der Waals surface area contributed by atoms with Crippen LogP contribution >= 0.6 is 0 Å². The number of anilines is 1. The van der Waals surface area contributed by atoms with E-state index in [2.05, 4.69) is 10.6 Å². The molecule has 1 aromatic heterocycles. The van der Waals surface area contributed by atoms with Crippen LogP contribution in [0.25, 0.3) is 5.69 Å². The maximum absolute atomic E-state index is 13.8. The lowest BCUT2D eigenvalue weighted by molar-refractivity contribution is -0.131. The summed E-state index contributed by atoms with van der Waals surface area (Å²) in [6.45, 7) is 6.27. The zero-order valence-corrected chi connectivity index (χ0v) is 21.4. The van der Waals surface area contributed by atoms with Gasteiger partial charge in [0.05, 0.1) is 17.9 Å². The molecule has 0 aliphatic heterocycles. The maximum Gasteiger partial charge on any atom is 0.295 e. The molecule has 1 heterocycles. The van der Waals surface area contributed by atoms with Crippen LogP contribution in [0, 0.1) is 6.92 Å². The third-order valence-electron chi connectivity index (χ3n) is 7.10. The molecule has 3 amide bonds. The number of hydrogen-bond donors (Lipinski definition) is 2. The van der Waals surface area contributed by atoms with E-state index in [0.29, 0.717) is 11.4 Å². The van der Waals surface area contributed by atoms with Crippen molar-refractivity contribution >= 4 is 23.4 Å². The second kappa shape index (κ2) is 10.9. The summed E-state index contributed by atoms with van der Waals surface area (Å²) >= 11 is 0. The molecule has 0 bridgehead atoms. The van der Waals surface area contributed by atoms with Gasteiger partial charge in [-0.05, 0) is 45.2 Å². The Morgan fingerprint density at radius 1 is 1.11 bits per heavy atom. The highest BCUT2D eigenvalue weighted by Crippen LogP contribution is 2.30. The third kappa shape index (κ3) is 5.33. The number of rotatable bonds is 8. The predicted molar refractivity (Wildman–Crippen MR) is 136 cm³/mol. The van der Waals surface area contributed by atoms with E-state index in [1.165, 1.54) is 16.5 Å². The van der Waals surface area contributed by atoms with Crippen LogP contribution in [0.2, 0.25) is 0 Å². The van der Waals surface area contributed by atoms with Crippen molar-refractivity contribution in [3.63, 3.8) is 0 Å². The van der Waals surface area contributed by atoms with Crippen LogP contribution < -0.4 is 21.1 Å². The molecule has 0 saturated heterocycles. The fraction of sp³-hybridized carbons (Fsp3) is 0.538. The molecule has 1 atom stereocenters. The van der Waals surface area contributed by atoms with Crippen LogP contribution in [-0.2, 0) is 21.4 Å². The number of carbonyl (C=O) groups is 3. The molecule has 9 nitrogen and oxygen atoms in total. The molecule has 0 unspecified atom stereocenters. The molecule has 9 heteroatoms. The summed E-state index contributed by atoms with van der Waals surface area (Å²) in [7, 11) is 1.75. The van der Waals surface area contributed by atoms with Crippen molar-refractivity contribution in [2.75, 3.05) is 11.4 Å². The summed E-state index contributed by atoms with van der Waals surface area (Å²) in [6, 6.07) is 9.19. The zero-order valence-electron chi connectivity index (χ0n) is 21.4. The quantitative estimate of drug-likeness (QED) is 0.602. The summed E-state index contributed by atoms with van der Waals surface area (Å²) in [5, 5.41) is 5.66. The van der Waals surface area contributed by atoms with Gasteiger partial charge >= 0.3 is 0 Å². The normalized spacial score (nSPS) is 15.8. The highest BCUT2D eigenvalue weighted by Gasteiger charge is 2.45. The molecule has 2 N–H and O–H groups in total. The van der Waals surface area contributed by atoms with Crippen LogP contribution in [0.4, 0.5) is 5.69 Å². The van der Waals surface area contributed by atoms with Crippen molar-refractivity contribution in [2.24, 2.45) is 7.05 Å². The standard InChI is InChI=1S/C26H37N5O4/c1-6-26(4,25(35)28-20-13-9-7-10-14-20)30(22(33)17-27-19(3)32)23-18(2)29(5)31(24(23)34)21-15-11-8-12-16-21/h8,11-12,15-16,20H,6-7,9-10,13-14,17H2,1-5H3,(H,27,32)(H,28,35)/t26-/m1/s1. The number of para-hydroxylation sites is 1. The summed E-state index contributed by atoms with van der Waals surface area (Å²) in [5.74, 6) is -1.18. The van der Waals surface area contributed by atoms with Gasteiger partial charge in [-0.15, -0.1) is 0 Å². The first-order valence-electron chi connectivity index (χ1n) is 12.3. The van der Waals surface area contributed by atoms with E-state index in [1.807, 2.05) is 37.3 Å². The Morgan fingerprint density at radius 3 is 2.31 bits per heavy atom. The first kappa shape index (κ1) is 26.2. The molecule has 0 radical (unpaired) electrons. The highest BCUT2D eigenvalue weighted by molar-refractivity contribution is 6.05. The minimum Gasteiger partial charge on any atom is -0.351 e. The topological polar surface area (TPSA) is 105 Å². The molecular formula is C26H37N5O4. The van der Waals surface area contributed by atoms with Crippen molar-refractivity contribution < 1.29 is 14.4 Å². The van der Waals surface area contributed by atoms with Gasteiger partial charge in [0.25, 0.3) is 5.56 Å². The number of amides is 3. The number of aromatic nitrogens is 2. The van der Waals surface area contributed by atoms with Crippen molar-refractivity contribution in [1.29, 1.82) is 0 Å². The van der Waals surface area contributed by atoms with E-state index in [9.17, 15) is 19.2 Å². The number of nitrogens with one attached hydrogen (secondary N) is 2. The summed E-state index contributed by atoms with van der Waals surface area (Å²) < 4.78 is 3.17. The average Bonchev–Trinajstić information content (AvgIpc) is 3.07. The molecular weight excluding hydrogens is 446 g/mol. The van der Waals surface area contributed by atoms with Gasteiger partial charge < -0.3 is 10.6 Å². The van der Waals surface area contributed by atoms with Gasteiger partial charge in [0.2, 0.25) is 17.7 Å². The lowest BCUT2D eigenvalue weighted by Crippen LogP contribution is -2.63. The number of hydrogen-bond acceptors (Lipinski definition) is 4. The summed E-state index contributed by atoms with van der Waals surface area (Å²) in [4.78, 5) is 54.0. The fourth-order valence-electron chi connectivity index (χ4n) is 4.75. The van der Waals surface area contributed by atoms with Crippen LogP contribution in [0.5, 0.6) is 0 Å². The molecule has 3 rings (SSSR count). The Balaban J connectivity index is 2.12. The van der Waals surface area contributed by atoms with E-state index in [4.69, 9.17) is 0 Å². The van der Waals surface area contributed by atoms with E-state index in [-0.39, 0.29) is 36.5 Å². The number of benzene rings is 1. The Kier molecular flexibility index (Phi) is 8.19. The third-order valence-corrected chi connectivity index (χ3v) is 7.10. The van der Waals surface area contributed by atoms with E-state index in [0.717, 1.165) is 32.1 Å². The van der Waals surface area contributed by atoms with Gasteiger partial charge in [-0.2, -0.15) is 0 Å². The minimum absolute atomic E-state index is 0.0484. The van der Waals surface area contributed by atoms with Crippen LogP contribution in [-0.4, -0.2) is 45.2 Å². The number of nitrogens with zero attached hydrogens (tertiary/aromatic N) is 3. The van der Waals surface area contributed by atoms with Crippen molar-refractivity contribution in [3.8, 4) is 5.69 Å². The largest absolute Gasteiger partial charge is 0.351 e. The molecule has 1 aliphatic carbocycles. The van der Waals surface area contributed by atoms with E-state index in [1.54, 1.807) is 25.6 Å². The molecule has 1 aromatic carbocycles. The van der Waals surface area contributed by atoms with Crippen LogP contribution in [0.3, 0.4) is 0 Å².